The van der Waals surface area contributed by atoms with E-state index in [0.717, 1.165) is 23.9 Å². The van der Waals surface area contributed by atoms with E-state index in [2.05, 4.69) is 20.1 Å². The molecule has 2 aromatic heterocycles. The predicted octanol–water partition coefficient (Wildman–Crippen LogP) is 4.97. The van der Waals surface area contributed by atoms with Gasteiger partial charge in [0.05, 0.1) is 5.69 Å². The van der Waals surface area contributed by atoms with Crippen molar-refractivity contribution in [2.45, 2.75) is 84.3 Å². The molecule has 0 unspecified atom stereocenters. The summed E-state index contributed by atoms with van der Waals surface area (Å²) in [5.74, 6) is 0.315. The number of aromatic nitrogens is 4. The maximum Gasteiger partial charge on any atom is 0.326 e. The van der Waals surface area contributed by atoms with Crippen LogP contribution >= 0.6 is 0 Å². The number of hydrogen-bond acceptors (Lipinski definition) is 7. The highest BCUT2D eigenvalue weighted by molar-refractivity contribution is 5.84. The van der Waals surface area contributed by atoms with Crippen molar-refractivity contribution in [3.8, 4) is 5.95 Å². The molecular formula is C25H34FN5O3. The lowest BCUT2D eigenvalue weighted by molar-refractivity contribution is -0.168. The van der Waals surface area contributed by atoms with E-state index in [4.69, 9.17) is 9.26 Å². The molecule has 1 aliphatic rings. The number of carbonyl (C=O) groups is 1. The zero-order chi connectivity index (χ0) is 24.8. The Morgan fingerprint density at radius 1 is 1.18 bits per heavy atom. The second kappa shape index (κ2) is 8.76. The minimum Gasteiger partial charge on any atom is -0.459 e. The van der Waals surface area contributed by atoms with Crippen LogP contribution in [0.25, 0.3) is 16.9 Å². The quantitative estimate of drug-likeness (QED) is 0.486. The van der Waals surface area contributed by atoms with Gasteiger partial charge in [-0.05, 0) is 77.7 Å². The zero-order valence-corrected chi connectivity index (χ0v) is 21.1. The first kappa shape index (κ1) is 24.3. The molecule has 184 valence electrons. The summed E-state index contributed by atoms with van der Waals surface area (Å²) in [4.78, 5) is 19.5. The first-order chi connectivity index (χ1) is 15.9. The van der Waals surface area contributed by atoms with E-state index < -0.39 is 11.1 Å². The second-order valence-electron chi connectivity index (χ2n) is 10.8. The summed E-state index contributed by atoms with van der Waals surface area (Å²) in [5, 5.41) is 9.47. The van der Waals surface area contributed by atoms with Crippen LogP contribution in [0.2, 0.25) is 0 Å². The molecule has 8 nitrogen and oxygen atoms in total. The molecule has 0 amide bonds. The molecule has 0 spiro atoms. The molecule has 0 bridgehead atoms. The molecule has 3 aromatic rings. The van der Waals surface area contributed by atoms with Gasteiger partial charge in [0.15, 0.2) is 0 Å². The van der Waals surface area contributed by atoms with Crippen molar-refractivity contribution in [1.29, 1.82) is 0 Å². The average Bonchev–Trinajstić information content (AvgIpc) is 3.38. The summed E-state index contributed by atoms with van der Waals surface area (Å²) in [6.07, 6.45) is 1.53. The summed E-state index contributed by atoms with van der Waals surface area (Å²) in [5.41, 5.74) is -0.110. The Bertz CT molecular complexity index is 1180. The van der Waals surface area contributed by atoms with Gasteiger partial charge in [-0.25, -0.2) is 4.39 Å². The Morgan fingerprint density at radius 3 is 2.47 bits per heavy atom. The Labute approximate surface area is 199 Å². The number of carbonyl (C=O) groups excluding carboxylic acids is 1. The first-order valence-electron chi connectivity index (χ1n) is 11.9. The van der Waals surface area contributed by atoms with Crippen molar-refractivity contribution in [3.63, 3.8) is 0 Å². The smallest absolute Gasteiger partial charge is 0.326 e. The van der Waals surface area contributed by atoms with E-state index in [0.29, 0.717) is 24.5 Å². The van der Waals surface area contributed by atoms with Crippen LogP contribution in [0.3, 0.4) is 0 Å². The lowest BCUT2D eigenvalue weighted by Gasteiger charge is -2.41. The van der Waals surface area contributed by atoms with Gasteiger partial charge in [0.25, 0.3) is 5.95 Å². The summed E-state index contributed by atoms with van der Waals surface area (Å²) in [6, 6.07) is 4.96. The lowest BCUT2D eigenvalue weighted by atomic mass is 9.92. The first-order valence-corrected chi connectivity index (χ1v) is 11.9. The van der Waals surface area contributed by atoms with E-state index in [1.807, 2.05) is 54.5 Å². The van der Waals surface area contributed by atoms with Gasteiger partial charge in [-0.2, -0.15) is 14.8 Å². The van der Waals surface area contributed by atoms with Crippen molar-refractivity contribution in [3.05, 3.63) is 35.6 Å². The molecule has 0 aliphatic carbocycles. The number of fused-ring (bicyclic) bond motifs is 1. The Hall–Kier alpha value is -2.81. The number of nitrogens with zero attached hydrogens (tertiary/aromatic N) is 5. The fraction of sp³-hybridized carbons (Fsp3) is 0.600. The number of ether oxygens (including phenoxy) is 1. The van der Waals surface area contributed by atoms with E-state index in [-0.39, 0.29) is 29.6 Å². The number of halogens is 1. The molecule has 1 aliphatic heterocycles. The topological polar surface area (TPSA) is 86.3 Å². The molecule has 0 saturated carbocycles. The maximum atomic E-state index is 14.7. The predicted molar refractivity (Wildman–Crippen MR) is 126 cm³/mol. The van der Waals surface area contributed by atoms with Crippen LogP contribution in [0.4, 0.5) is 4.39 Å². The van der Waals surface area contributed by atoms with Gasteiger partial charge in [0.1, 0.15) is 22.5 Å². The van der Waals surface area contributed by atoms with Crippen LogP contribution in [0.1, 0.15) is 84.7 Å². The third kappa shape index (κ3) is 4.58. The molecule has 1 aromatic carbocycles. The molecule has 9 heteroatoms. The minimum atomic E-state index is -0.725. The van der Waals surface area contributed by atoms with Crippen molar-refractivity contribution in [1.82, 2.24) is 24.8 Å². The molecule has 1 saturated heterocycles. The fourth-order valence-corrected chi connectivity index (χ4v) is 4.42. The Kier molecular flexibility index (Phi) is 6.27. The molecule has 0 atom stereocenters. The lowest BCUT2D eigenvalue weighted by Crippen LogP contribution is -2.54. The van der Waals surface area contributed by atoms with Crippen LogP contribution in [0.15, 0.2) is 22.7 Å². The van der Waals surface area contributed by atoms with Gasteiger partial charge < -0.3 is 9.26 Å². The van der Waals surface area contributed by atoms with Crippen LogP contribution in [-0.4, -0.2) is 55.0 Å². The molecule has 0 N–H and O–H groups in total. The number of benzene rings is 1. The summed E-state index contributed by atoms with van der Waals surface area (Å²) >= 11 is 0. The van der Waals surface area contributed by atoms with Crippen LogP contribution < -0.4 is 0 Å². The summed E-state index contributed by atoms with van der Waals surface area (Å²) in [6.45, 7) is 14.9. The third-order valence-electron chi connectivity index (χ3n) is 6.38. The highest BCUT2D eigenvalue weighted by atomic mass is 19.1. The SMILES string of the molecule is CC(C)c1nn(-c2noc(C3CCN(C(C)(C)C(=O)OC(C)(C)C)CC3)n2)c2c(F)cccc12. The second-order valence-corrected chi connectivity index (χ2v) is 10.8. The summed E-state index contributed by atoms with van der Waals surface area (Å²) < 4.78 is 27.4. The molecule has 34 heavy (non-hydrogen) atoms. The van der Waals surface area contributed by atoms with Gasteiger partial charge in [-0.3, -0.25) is 9.69 Å². The highest BCUT2D eigenvalue weighted by Crippen LogP contribution is 2.33. The van der Waals surface area contributed by atoms with E-state index in [1.165, 1.54) is 10.7 Å². The van der Waals surface area contributed by atoms with Gasteiger partial charge in [-0.1, -0.05) is 26.0 Å². The molecule has 4 rings (SSSR count). The molecule has 3 heterocycles. The third-order valence-corrected chi connectivity index (χ3v) is 6.38. The molecular weight excluding hydrogens is 437 g/mol. The average molecular weight is 472 g/mol. The summed E-state index contributed by atoms with van der Waals surface area (Å²) in [7, 11) is 0. The Morgan fingerprint density at radius 2 is 1.85 bits per heavy atom. The fourth-order valence-electron chi connectivity index (χ4n) is 4.42. The van der Waals surface area contributed by atoms with Crippen molar-refractivity contribution < 1.29 is 18.4 Å². The number of likely N-dealkylation sites (tertiary alicyclic amines) is 1. The number of hydrogen-bond donors (Lipinski definition) is 0. The minimum absolute atomic E-state index is 0.0585. The number of esters is 1. The molecule has 1 fully saturated rings. The van der Waals surface area contributed by atoms with Crippen LogP contribution in [0, 0.1) is 5.82 Å². The maximum absolute atomic E-state index is 14.7. The standard InChI is InChI=1S/C25H34FN5O3/c1-15(2)19-17-9-8-10-18(26)20(17)31(28-19)23-27-21(34-29-23)16-11-13-30(14-12-16)25(6,7)22(32)33-24(3,4)5/h8-10,15-16H,11-14H2,1-7H3. The largest absolute Gasteiger partial charge is 0.459 e. The van der Waals surface area contributed by atoms with Crippen molar-refractivity contribution in [2.75, 3.05) is 13.1 Å². The van der Waals surface area contributed by atoms with Gasteiger partial charge in [0, 0.05) is 11.3 Å². The van der Waals surface area contributed by atoms with E-state index in [9.17, 15) is 9.18 Å². The van der Waals surface area contributed by atoms with Gasteiger partial charge in [-0.15, -0.1) is 0 Å². The van der Waals surface area contributed by atoms with Crippen LogP contribution in [-0.2, 0) is 9.53 Å². The normalized spacial score (nSPS) is 16.5. The van der Waals surface area contributed by atoms with Crippen molar-refractivity contribution in [2.24, 2.45) is 0 Å². The van der Waals surface area contributed by atoms with Gasteiger partial charge >= 0.3 is 5.97 Å². The number of piperidine rings is 1. The number of rotatable bonds is 5. The zero-order valence-electron chi connectivity index (χ0n) is 21.1. The monoisotopic (exact) mass is 471 g/mol. The van der Waals surface area contributed by atoms with Crippen molar-refractivity contribution >= 4 is 16.9 Å². The Balaban J connectivity index is 1.51. The van der Waals surface area contributed by atoms with Crippen LogP contribution in [0.5, 0.6) is 0 Å². The molecule has 0 radical (unpaired) electrons. The van der Waals surface area contributed by atoms with Gasteiger partial charge in [0.2, 0.25) is 5.89 Å². The number of para-hydroxylation sites is 1. The van der Waals surface area contributed by atoms with E-state index >= 15 is 0 Å². The highest BCUT2D eigenvalue weighted by Gasteiger charge is 2.40. The van der Waals surface area contributed by atoms with E-state index in [1.54, 1.807) is 6.07 Å².